The van der Waals surface area contributed by atoms with Crippen LogP contribution in [0.3, 0.4) is 0 Å². The Labute approximate surface area is 178 Å². The van der Waals surface area contributed by atoms with Gasteiger partial charge >= 0.3 is 0 Å². The van der Waals surface area contributed by atoms with Gasteiger partial charge in [-0.1, -0.05) is 19.1 Å². The highest BCUT2D eigenvalue weighted by Crippen LogP contribution is 2.32. The molecule has 4 rings (SSSR count). The molecule has 1 aromatic carbocycles. The summed E-state index contributed by atoms with van der Waals surface area (Å²) in [5.74, 6) is -0.660. The van der Waals surface area contributed by atoms with Gasteiger partial charge in [-0.15, -0.1) is 11.3 Å². The molecule has 0 aliphatic heterocycles. The molecule has 1 saturated carbocycles. The van der Waals surface area contributed by atoms with Gasteiger partial charge in [0.1, 0.15) is 0 Å². The van der Waals surface area contributed by atoms with Crippen molar-refractivity contribution in [2.75, 3.05) is 10.0 Å². The third-order valence-electron chi connectivity index (χ3n) is 4.81. The van der Waals surface area contributed by atoms with E-state index in [9.17, 15) is 13.2 Å². The van der Waals surface area contributed by atoms with E-state index in [1.54, 1.807) is 24.0 Å². The largest absolute Gasteiger partial charge is 0.326 e. The Morgan fingerprint density at radius 2 is 2.00 bits per heavy atom. The zero-order valence-electron chi connectivity index (χ0n) is 16.3. The summed E-state index contributed by atoms with van der Waals surface area (Å²) in [6, 6.07) is 7.36. The van der Waals surface area contributed by atoms with Gasteiger partial charge in [-0.25, -0.2) is 13.4 Å². The van der Waals surface area contributed by atoms with E-state index in [2.05, 4.69) is 25.0 Å². The molecule has 1 atom stereocenters. The van der Waals surface area contributed by atoms with Crippen molar-refractivity contribution in [3.63, 3.8) is 0 Å². The van der Waals surface area contributed by atoms with Gasteiger partial charge in [0.25, 0.3) is 0 Å². The van der Waals surface area contributed by atoms with Crippen molar-refractivity contribution in [1.82, 2.24) is 15.0 Å². The molecule has 2 N–H and O–H groups in total. The summed E-state index contributed by atoms with van der Waals surface area (Å²) in [5, 5.41) is 4.62. The molecule has 1 unspecified atom stereocenters. The van der Waals surface area contributed by atoms with Gasteiger partial charge in [0.2, 0.25) is 15.9 Å². The first-order chi connectivity index (χ1) is 14.5. The van der Waals surface area contributed by atoms with Crippen LogP contribution in [0.2, 0.25) is 0 Å². The molecule has 8 nitrogen and oxygen atoms in total. The zero-order chi connectivity index (χ0) is 21.1. The second-order valence-corrected chi connectivity index (χ2v) is 9.86. The highest BCUT2D eigenvalue weighted by atomic mass is 32.2. The molecule has 2 aromatic heterocycles. The van der Waals surface area contributed by atoms with Crippen LogP contribution >= 0.6 is 11.3 Å². The van der Waals surface area contributed by atoms with Crippen LogP contribution in [0.5, 0.6) is 0 Å². The van der Waals surface area contributed by atoms with E-state index < -0.39 is 15.9 Å². The molecule has 1 aliphatic rings. The fraction of sp³-hybridized carbons (Fsp3) is 0.300. The number of benzene rings is 1. The van der Waals surface area contributed by atoms with Crippen molar-refractivity contribution >= 4 is 38.1 Å². The molecule has 1 fully saturated rings. The van der Waals surface area contributed by atoms with Crippen LogP contribution in [0.25, 0.3) is 11.3 Å². The van der Waals surface area contributed by atoms with Gasteiger partial charge in [0.05, 0.1) is 28.8 Å². The van der Waals surface area contributed by atoms with E-state index in [4.69, 9.17) is 0 Å². The van der Waals surface area contributed by atoms with E-state index in [1.165, 1.54) is 11.3 Å². The Kier molecular flexibility index (Phi) is 5.78. The third-order valence-corrected chi connectivity index (χ3v) is 7.54. The molecule has 156 valence electrons. The molecule has 1 amide bonds. The van der Waals surface area contributed by atoms with Crippen LogP contribution in [0.1, 0.15) is 37.8 Å². The molecular weight excluding hydrogens is 422 g/mol. The molecule has 0 saturated heterocycles. The average Bonchev–Trinajstić information content (AvgIpc) is 3.52. The number of sulfonamides is 1. The molecule has 0 spiro atoms. The minimum Gasteiger partial charge on any atom is -0.326 e. The number of carbonyl (C=O) groups is 1. The number of hydrogen-bond donors (Lipinski definition) is 2. The van der Waals surface area contributed by atoms with Crippen molar-refractivity contribution in [3.05, 3.63) is 53.9 Å². The maximum Gasteiger partial charge on any atom is 0.237 e. The molecule has 30 heavy (non-hydrogen) atoms. The van der Waals surface area contributed by atoms with E-state index in [0.29, 0.717) is 35.8 Å². The SMILES string of the molecule is CCC(C(=O)Nc1ccc(-c2cnccn2)cc1)c1csc(NS(=O)(=O)C2CC2)n1. The fourth-order valence-corrected chi connectivity index (χ4v) is 5.37. The van der Waals surface area contributed by atoms with Gasteiger partial charge < -0.3 is 5.32 Å². The second kappa shape index (κ2) is 8.49. The third kappa shape index (κ3) is 4.65. The monoisotopic (exact) mass is 443 g/mol. The van der Waals surface area contributed by atoms with Crippen LogP contribution in [0.4, 0.5) is 10.8 Å². The quantitative estimate of drug-likeness (QED) is 0.549. The number of thiazole rings is 1. The van der Waals surface area contributed by atoms with Gasteiger partial charge in [0.15, 0.2) is 5.13 Å². The van der Waals surface area contributed by atoms with E-state index >= 15 is 0 Å². The lowest BCUT2D eigenvalue weighted by molar-refractivity contribution is -0.117. The topological polar surface area (TPSA) is 114 Å². The highest BCUT2D eigenvalue weighted by Gasteiger charge is 2.36. The highest BCUT2D eigenvalue weighted by molar-refractivity contribution is 7.93. The number of anilines is 2. The van der Waals surface area contributed by atoms with Gasteiger partial charge in [0, 0.05) is 29.0 Å². The van der Waals surface area contributed by atoms with Crippen molar-refractivity contribution in [2.45, 2.75) is 37.4 Å². The summed E-state index contributed by atoms with van der Waals surface area (Å²) in [7, 11) is -3.37. The molecule has 0 radical (unpaired) electrons. The molecule has 1 aliphatic carbocycles. The molecule has 0 bridgehead atoms. The number of hydrogen-bond acceptors (Lipinski definition) is 7. The molecule has 10 heteroatoms. The van der Waals surface area contributed by atoms with Crippen LogP contribution in [-0.2, 0) is 14.8 Å². The predicted molar refractivity (Wildman–Crippen MR) is 117 cm³/mol. The predicted octanol–water partition coefficient (Wildman–Crippen LogP) is 3.64. The lowest BCUT2D eigenvalue weighted by Crippen LogP contribution is -2.21. The number of nitrogens with zero attached hydrogens (tertiary/aromatic N) is 3. The summed E-state index contributed by atoms with van der Waals surface area (Å²) in [6.45, 7) is 1.90. The summed E-state index contributed by atoms with van der Waals surface area (Å²) < 4.78 is 26.7. The van der Waals surface area contributed by atoms with Crippen LogP contribution in [-0.4, -0.2) is 34.5 Å². The van der Waals surface area contributed by atoms with E-state index in [1.807, 2.05) is 31.2 Å². The number of carbonyl (C=O) groups excluding carboxylic acids is 1. The number of aromatic nitrogens is 3. The summed E-state index contributed by atoms with van der Waals surface area (Å²) in [4.78, 5) is 25.5. The van der Waals surface area contributed by atoms with Crippen LogP contribution in [0.15, 0.2) is 48.2 Å². The Hall–Kier alpha value is -2.85. The fourth-order valence-electron chi connectivity index (χ4n) is 3.01. The van der Waals surface area contributed by atoms with Crippen LogP contribution in [0, 0.1) is 0 Å². The number of nitrogens with one attached hydrogen (secondary N) is 2. The van der Waals surface area contributed by atoms with Gasteiger partial charge in [-0.05, 0) is 31.4 Å². The minimum absolute atomic E-state index is 0.188. The molecule has 3 aromatic rings. The average molecular weight is 444 g/mol. The first-order valence-electron chi connectivity index (χ1n) is 9.60. The standard InChI is InChI=1S/C20H21N5O3S2/c1-2-16(18-12-29-20(24-18)25-30(27,28)15-7-8-15)19(26)23-14-5-3-13(4-6-14)17-11-21-9-10-22-17/h3-6,9-12,15-16H,2,7-8H2,1H3,(H,23,26)(H,24,25). The zero-order valence-corrected chi connectivity index (χ0v) is 17.9. The van der Waals surface area contributed by atoms with Crippen molar-refractivity contribution < 1.29 is 13.2 Å². The normalized spacial score (nSPS) is 14.8. The second-order valence-electron chi connectivity index (χ2n) is 7.04. The Balaban J connectivity index is 1.43. The lowest BCUT2D eigenvalue weighted by Gasteiger charge is -2.13. The summed E-state index contributed by atoms with van der Waals surface area (Å²) in [6.07, 6.45) is 6.83. The first-order valence-corrected chi connectivity index (χ1v) is 12.0. The van der Waals surface area contributed by atoms with E-state index in [-0.39, 0.29) is 11.2 Å². The first kappa shape index (κ1) is 20.4. The number of amides is 1. The summed E-state index contributed by atoms with van der Waals surface area (Å²) >= 11 is 1.19. The van der Waals surface area contributed by atoms with E-state index in [0.717, 1.165) is 11.3 Å². The van der Waals surface area contributed by atoms with Crippen molar-refractivity contribution in [3.8, 4) is 11.3 Å². The maximum absolute atomic E-state index is 12.8. The Morgan fingerprint density at radius 1 is 1.23 bits per heavy atom. The lowest BCUT2D eigenvalue weighted by atomic mass is 10.0. The van der Waals surface area contributed by atoms with Crippen molar-refractivity contribution in [1.29, 1.82) is 0 Å². The van der Waals surface area contributed by atoms with Crippen LogP contribution < -0.4 is 10.0 Å². The smallest absolute Gasteiger partial charge is 0.237 e. The Morgan fingerprint density at radius 3 is 2.63 bits per heavy atom. The molecule has 2 heterocycles. The summed E-state index contributed by atoms with van der Waals surface area (Å²) in [5.41, 5.74) is 2.88. The van der Waals surface area contributed by atoms with Gasteiger partial charge in [-0.2, -0.15) is 0 Å². The Bertz CT molecular complexity index is 1130. The van der Waals surface area contributed by atoms with Gasteiger partial charge in [-0.3, -0.25) is 19.5 Å². The maximum atomic E-state index is 12.8. The molecular formula is C20H21N5O3S2. The minimum atomic E-state index is -3.37. The van der Waals surface area contributed by atoms with Crippen molar-refractivity contribution in [2.24, 2.45) is 0 Å². The number of rotatable bonds is 8.